The van der Waals surface area contributed by atoms with Gasteiger partial charge in [-0.3, -0.25) is 4.79 Å². The molecule has 4 heteroatoms. The zero-order valence-electron chi connectivity index (χ0n) is 9.22. The third-order valence-corrected chi connectivity index (χ3v) is 2.56. The zero-order chi connectivity index (χ0) is 12.0. The molecule has 0 radical (unpaired) electrons. The first-order valence-corrected chi connectivity index (χ1v) is 5.72. The number of nitrogens with one attached hydrogen (secondary N) is 1. The third-order valence-electron chi connectivity index (χ3n) is 2.26. The van der Waals surface area contributed by atoms with Gasteiger partial charge >= 0.3 is 0 Å². The number of hydrogen-bond acceptors (Lipinski definition) is 1. The van der Waals surface area contributed by atoms with Gasteiger partial charge in [0.15, 0.2) is 0 Å². The van der Waals surface area contributed by atoms with E-state index in [4.69, 9.17) is 11.6 Å². The van der Waals surface area contributed by atoms with E-state index < -0.39 is 5.82 Å². The quantitative estimate of drug-likeness (QED) is 0.845. The van der Waals surface area contributed by atoms with E-state index in [1.807, 2.05) is 6.92 Å². The van der Waals surface area contributed by atoms with Crippen molar-refractivity contribution >= 4 is 17.5 Å². The summed E-state index contributed by atoms with van der Waals surface area (Å²) in [7, 11) is 0. The van der Waals surface area contributed by atoms with Crippen LogP contribution in [-0.2, 0) is 11.3 Å². The molecule has 0 bridgehead atoms. The van der Waals surface area contributed by atoms with Crippen LogP contribution in [0.2, 0.25) is 5.02 Å². The Kier molecular flexibility index (Phi) is 5.26. The van der Waals surface area contributed by atoms with Gasteiger partial charge < -0.3 is 5.32 Å². The van der Waals surface area contributed by atoms with E-state index in [2.05, 4.69) is 5.32 Å². The Balaban J connectivity index is 2.48. The minimum absolute atomic E-state index is 0.0544. The van der Waals surface area contributed by atoms with Crippen LogP contribution in [0.1, 0.15) is 31.7 Å². The summed E-state index contributed by atoms with van der Waals surface area (Å²) in [5.41, 5.74) is 0.414. The van der Waals surface area contributed by atoms with Crippen molar-refractivity contribution in [2.24, 2.45) is 0 Å². The average molecular weight is 244 g/mol. The van der Waals surface area contributed by atoms with Gasteiger partial charge in [0.2, 0.25) is 5.91 Å². The maximum atomic E-state index is 13.4. The van der Waals surface area contributed by atoms with Gasteiger partial charge in [-0.25, -0.2) is 4.39 Å². The lowest BCUT2D eigenvalue weighted by atomic mass is 10.2. The fourth-order valence-electron chi connectivity index (χ4n) is 1.30. The zero-order valence-corrected chi connectivity index (χ0v) is 9.98. The molecule has 88 valence electrons. The molecule has 1 aromatic rings. The van der Waals surface area contributed by atoms with Gasteiger partial charge in [0.1, 0.15) is 5.82 Å². The predicted molar refractivity (Wildman–Crippen MR) is 62.8 cm³/mol. The highest BCUT2D eigenvalue weighted by Crippen LogP contribution is 2.17. The Morgan fingerprint density at radius 3 is 2.94 bits per heavy atom. The number of carbonyl (C=O) groups excluding carboxylic acids is 1. The lowest BCUT2D eigenvalue weighted by Crippen LogP contribution is -2.22. The van der Waals surface area contributed by atoms with Crippen molar-refractivity contribution in [3.05, 3.63) is 34.6 Å². The van der Waals surface area contributed by atoms with Gasteiger partial charge in [0, 0.05) is 18.5 Å². The smallest absolute Gasteiger partial charge is 0.220 e. The van der Waals surface area contributed by atoms with E-state index in [0.717, 1.165) is 12.8 Å². The van der Waals surface area contributed by atoms with Gasteiger partial charge in [0.25, 0.3) is 0 Å². The summed E-state index contributed by atoms with van der Waals surface area (Å²) in [6.07, 6.45) is 2.31. The molecule has 0 saturated heterocycles. The van der Waals surface area contributed by atoms with E-state index in [9.17, 15) is 9.18 Å². The number of rotatable bonds is 5. The van der Waals surface area contributed by atoms with Crippen molar-refractivity contribution in [2.75, 3.05) is 0 Å². The normalized spacial score (nSPS) is 10.2. The largest absolute Gasteiger partial charge is 0.352 e. The van der Waals surface area contributed by atoms with Crippen molar-refractivity contribution in [3.8, 4) is 0 Å². The number of unbranched alkanes of at least 4 members (excludes halogenated alkanes) is 1. The molecule has 0 spiro atoms. The molecule has 1 amide bonds. The van der Waals surface area contributed by atoms with Crippen LogP contribution in [0, 0.1) is 5.82 Å². The summed E-state index contributed by atoms with van der Waals surface area (Å²) in [4.78, 5) is 11.3. The van der Waals surface area contributed by atoms with Crippen LogP contribution in [0.3, 0.4) is 0 Å². The fourth-order valence-corrected chi connectivity index (χ4v) is 1.50. The molecule has 0 atom stereocenters. The Morgan fingerprint density at radius 1 is 1.50 bits per heavy atom. The van der Waals surface area contributed by atoms with E-state index >= 15 is 0 Å². The molecule has 0 unspecified atom stereocenters. The van der Waals surface area contributed by atoms with E-state index in [-0.39, 0.29) is 17.5 Å². The lowest BCUT2D eigenvalue weighted by molar-refractivity contribution is -0.121. The van der Waals surface area contributed by atoms with Crippen molar-refractivity contribution < 1.29 is 9.18 Å². The van der Waals surface area contributed by atoms with Crippen LogP contribution < -0.4 is 5.32 Å². The fraction of sp³-hybridized carbons (Fsp3) is 0.417. The first kappa shape index (κ1) is 13.0. The number of carbonyl (C=O) groups is 1. The minimum Gasteiger partial charge on any atom is -0.352 e. The molecule has 1 aromatic carbocycles. The molecule has 0 heterocycles. The third kappa shape index (κ3) is 3.81. The van der Waals surface area contributed by atoms with Crippen LogP contribution in [0.15, 0.2) is 18.2 Å². The molecular formula is C12H15ClFNO. The van der Waals surface area contributed by atoms with Gasteiger partial charge in [-0.05, 0) is 12.5 Å². The molecule has 0 aliphatic rings. The van der Waals surface area contributed by atoms with Crippen molar-refractivity contribution in [1.82, 2.24) is 5.32 Å². The van der Waals surface area contributed by atoms with Gasteiger partial charge in [-0.15, -0.1) is 0 Å². The van der Waals surface area contributed by atoms with Crippen LogP contribution in [0.25, 0.3) is 0 Å². The second kappa shape index (κ2) is 6.48. The highest BCUT2D eigenvalue weighted by atomic mass is 35.5. The van der Waals surface area contributed by atoms with E-state index in [1.165, 1.54) is 6.07 Å². The SMILES string of the molecule is CCCCC(=O)NCc1cccc(Cl)c1F. The number of amides is 1. The van der Waals surface area contributed by atoms with Crippen LogP contribution in [0.5, 0.6) is 0 Å². The molecule has 1 N–H and O–H groups in total. The second-order valence-corrected chi connectivity index (χ2v) is 4.00. The molecule has 16 heavy (non-hydrogen) atoms. The molecule has 0 aliphatic carbocycles. The van der Waals surface area contributed by atoms with Crippen LogP contribution in [-0.4, -0.2) is 5.91 Å². The van der Waals surface area contributed by atoms with Gasteiger partial charge in [0.05, 0.1) is 5.02 Å². The molecule has 1 rings (SSSR count). The van der Waals surface area contributed by atoms with Crippen molar-refractivity contribution in [2.45, 2.75) is 32.7 Å². The summed E-state index contributed by atoms with van der Waals surface area (Å²) in [5, 5.41) is 2.75. The predicted octanol–water partition coefficient (Wildman–Crippen LogP) is 3.29. The molecular weight excluding hydrogens is 229 g/mol. The lowest BCUT2D eigenvalue weighted by Gasteiger charge is -2.06. The summed E-state index contributed by atoms with van der Waals surface area (Å²) >= 11 is 5.63. The van der Waals surface area contributed by atoms with Crippen molar-refractivity contribution in [1.29, 1.82) is 0 Å². The summed E-state index contributed by atoms with van der Waals surface area (Å²) in [6.45, 7) is 2.21. The van der Waals surface area contributed by atoms with Gasteiger partial charge in [-0.2, -0.15) is 0 Å². The first-order chi connectivity index (χ1) is 7.65. The molecule has 0 aliphatic heterocycles. The van der Waals surface area contributed by atoms with Crippen molar-refractivity contribution in [3.63, 3.8) is 0 Å². The topological polar surface area (TPSA) is 29.1 Å². The Bertz CT molecular complexity index is 368. The number of hydrogen-bond donors (Lipinski definition) is 1. The maximum Gasteiger partial charge on any atom is 0.220 e. The van der Waals surface area contributed by atoms with E-state index in [0.29, 0.717) is 12.0 Å². The minimum atomic E-state index is -0.458. The van der Waals surface area contributed by atoms with E-state index in [1.54, 1.807) is 12.1 Å². The molecule has 0 fully saturated rings. The monoisotopic (exact) mass is 243 g/mol. The Hall–Kier alpha value is -1.09. The maximum absolute atomic E-state index is 13.4. The number of benzene rings is 1. The Morgan fingerprint density at radius 2 is 2.25 bits per heavy atom. The first-order valence-electron chi connectivity index (χ1n) is 5.34. The average Bonchev–Trinajstić information content (AvgIpc) is 2.28. The molecule has 0 saturated carbocycles. The molecule has 2 nitrogen and oxygen atoms in total. The summed E-state index contributed by atoms with van der Waals surface area (Å²) in [6, 6.07) is 4.76. The van der Waals surface area contributed by atoms with Gasteiger partial charge in [-0.1, -0.05) is 37.1 Å². The standard InChI is InChI=1S/C12H15ClFNO/c1-2-3-7-11(16)15-8-9-5-4-6-10(13)12(9)14/h4-6H,2-3,7-8H2,1H3,(H,15,16). The number of halogens is 2. The highest BCUT2D eigenvalue weighted by molar-refractivity contribution is 6.30. The summed E-state index contributed by atoms with van der Waals surface area (Å²) < 4.78 is 13.4. The highest BCUT2D eigenvalue weighted by Gasteiger charge is 2.07. The van der Waals surface area contributed by atoms with Crippen LogP contribution in [0.4, 0.5) is 4.39 Å². The Labute approximate surface area is 99.8 Å². The van der Waals surface area contributed by atoms with Crippen LogP contribution >= 0.6 is 11.6 Å². The molecule has 0 aromatic heterocycles. The summed E-state index contributed by atoms with van der Waals surface area (Å²) in [5.74, 6) is -0.513. The second-order valence-electron chi connectivity index (χ2n) is 3.59.